The van der Waals surface area contributed by atoms with E-state index in [1.807, 2.05) is 30.3 Å². The van der Waals surface area contributed by atoms with Crippen molar-refractivity contribution >= 4 is 11.8 Å². The van der Waals surface area contributed by atoms with Crippen LogP contribution in [0.4, 0.5) is 0 Å². The van der Waals surface area contributed by atoms with Crippen molar-refractivity contribution in [3.8, 4) is 0 Å². The third-order valence-corrected chi connectivity index (χ3v) is 3.38. The normalized spacial score (nSPS) is 23.5. The smallest absolute Gasteiger partial charge is 0.250 e. The van der Waals surface area contributed by atoms with Crippen LogP contribution in [0, 0.1) is 0 Å². The van der Waals surface area contributed by atoms with E-state index in [4.69, 9.17) is 0 Å². The SMILES string of the molecule is CN1C(=O)C(c2ccccc2)NC(=O)C1(C)C. The maximum atomic E-state index is 12.2. The van der Waals surface area contributed by atoms with Gasteiger partial charge in [0.2, 0.25) is 11.8 Å². The van der Waals surface area contributed by atoms with Crippen molar-refractivity contribution in [3.05, 3.63) is 35.9 Å². The third-order valence-electron chi connectivity index (χ3n) is 3.38. The summed E-state index contributed by atoms with van der Waals surface area (Å²) in [6, 6.07) is 8.71. The maximum absolute atomic E-state index is 12.2. The van der Waals surface area contributed by atoms with Gasteiger partial charge >= 0.3 is 0 Å². The van der Waals surface area contributed by atoms with Crippen LogP contribution in [0.2, 0.25) is 0 Å². The molecule has 1 atom stereocenters. The minimum atomic E-state index is -0.789. The van der Waals surface area contributed by atoms with Crippen LogP contribution >= 0.6 is 0 Å². The molecule has 0 aliphatic carbocycles. The Bertz CT molecular complexity index is 454. The van der Waals surface area contributed by atoms with Crippen LogP contribution in [0.5, 0.6) is 0 Å². The van der Waals surface area contributed by atoms with Crippen LogP contribution in [0.25, 0.3) is 0 Å². The van der Waals surface area contributed by atoms with Gasteiger partial charge in [0, 0.05) is 7.05 Å². The average Bonchev–Trinajstić information content (AvgIpc) is 2.33. The molecule has 4 nitrogen and oxygen atoms in total. The van der Waals surface area contributed by atoms with Crippen LogP contribution in [0.3, 0.4) is 0 Å². The first-order chi connectivity index (χ1) is 7.94. The number of likely N-dealkylation sites (N-methyl/N-ethyl adjacent to an activating group) is 1. The Morgan fingerprint density at radius 3 is 2.35 bits per heavy atom. The van der Waals surface area contributed by atoms with E-state index in [1.165, 1.54) is 4.90 Å². The number of amides is 2. The molecule has 1 fully saturated rings. The molecule has 1 aromatic carbocycles. The molecular formula is C13H16N2O2. The molecule has 0 saturated carbocycles. The van der Waals surface area contributed by atoms with Gasteiger partial charge in [-0.1, -0.05) is 30.3 Å². The first-order valence-corrected chi connectivity index (χ1v) is 5.58. The zero-order chi connectivity index (χ0) is 12.6. The number of carbonyl (C=O) groups excluding carboxylic acids is 2. The minimum absolute atomic E-state index is 0.0826. The molecule has 0 bridgehead atoms. The molecule has 4 heteroatoms. The topological polar surface area (TPSA) is 49.4 Å². The molecular weight excluding hydrogens is 216 g/mol. The van der Waals surface area contributed by atoms with Gasteiger partial charge < -0.3 is 10.2 Å². The van der Waals surface area contributed by atoms with Crippen molar-refractivity contribution in [3.63, 3.8) is 0 Å². The van der Waals surface area contributed by atoms with E-state index in [1.54, 1.807) is 20.9 Å². The molecule has 1 aliphatic heterocycles. The highest BCUT2D eigenvalue weighted by Crippen LogP contribution is 2.26. The monoisotopic (exact) mass is 232 g/mol. The molecule has 0 spiro atoms. The van der Waals surface area contributed by atoms with Crippen molar-refractivity contribution in [2.75, 3.05) is 7.05 Å². The van der Waals surface area contributed by atoms with Crippen molar-refractivity contribution in [2.24, 2.45) is 0 Å². The van der Waals surface area contributed by atoms with E-state index in [2.05, 4.69) is 5.32 Å². The van der Waals surface area contributed by atoms with E-state index in [-0.39, 0.29) is 11.8 Å². The minimum Gasteiger partial charge on any atom is -0.338 e. The van der Waals surface area contributed by atoms with Crippen LogP contribution in [-0.2, 0) is 9.59 Å². The Hall–Kier alpha value is -1.84. The summed E-state index contributed by atoms with van der Waals surface area (Å²) in [7, 11) is 1.66. The van der Waals surface area contributed by atoms with E-state index < -0.39 is 11.6 Å². The van der Waals surface area contributed by atoms with Gasteiger partial charge in [0.1, 0.15) is 11.6 Å². The summed E-state index contributed by atoms with van der Waals surface area (Å²) >= 11 is 0. The summed E-state index contributed by atoms with van der Waals surface area (Å²) in [5.41, 5.74) is 0.0238. The van der Waals surface area contributed by atoms with E-state index in [0.717, 1.165) is 5.56 Å². The fraction of sp³-hybridized carbons (Fsp3) is 0.385. The van der Waals surface area contributed by atoms with Crippen LogP contribution in [-0.4, -0.2) is 29.3 Å². The fourth-order valence-electron chi connectivity index (χ4n) is 1.86. The second-order valence-electron chi connectivity index (χ2n) is 4.77. The Morgan fingerprint density at radius 2 is 1.76 bits per heavy atom. The van der Waals surface area contributed by atoms with Gasteiger partial charge in [-0.05, 0) is 19.4 Å². The Labute approximate surface area is 101 Å². The number of nitrogens with one attached hydrogen (secondary N) is 1. The zero-order valence-electron chi connectivity index (χ0n) is 10.2. The van der Waals surface area contributed by atoms with Gasteiger partial charge in [0.05, 0.1) is 0 Å². The molecule has 0 aromatic heterocycles. The second-order valence-corrected chi connectivity index (χ2v) is 4.77. The summed E-state index contributed by atoms with van der Waals surface area (Å²) in [4.78, 5) is 25.7. The summed E-state index contributed by atoms with van der Waals surface area (Å²) in [6.07, 6.45) is 0. The van der Waals surface area contributed by atoms with E-state index in [9.17, 15) is 9.59 Å². The molecule has 17 heavy (non-hydrogen) atoms. The molecule has 2 rings (SSSR count). The van der Waals surface area contributed by atoms with Gasteiger partial charge in [0.15, 0.2) is 0 Å². The summed E-state index contributed by atoms with van der Waals surface area (Å²) < 4.78 is 0. The lowest BCUT2D eigenvalue weighted by molar-refractivity contribution is -0.153. The van der Waals surface area contributed by atoms with Gasteiger partial charge in [-0.2, -0.15) is 0 Å². The maximum Gasteiger partial charge on any atom is 0.250 e. The van der Waals surface area contributed by atoms with Gasteiger partial charge in [-0.25, -0.2) is 0 Å². The summed E-state index contributed by atoms with van der Waals surface area (Å²) in [5.74, 6) is -0.214. The fourth-order valence-corrected chi connectivity index (χ4v) is 1.86. The van der Waals surface area contributed by atoms with Crippen molar-refractivity contribution in [1.82, 2.24) is 10.2 Å². The predicted octanol–water partition coefficient (Wildman–Crippen LogP) is 1.09. The number of carbonyl (C=O) groups is 2. The standard InChI is InChI=1S/C13H16N2O2/c1-13(2)12(17)14-10(11(16)15(13)3)9-7-5-4-6-8-9/h4-8,10H,1-3H3,(H,14,17). The Morgan fingerprint density at radius 1 is 1.18 bits per heavy atom. The number of benzene rings is 1. The molecule has 1 aliphatic rings. The van der Waals surface area contributed by atoms with Gasteiger partial charge in [0.25, 0.3) is 0 Å². The van der Waals surface area contributed by atoms with Crippen molar-refractivity contribution in [2.45, 2.75) is 25.4 Å². The number of rotatable bonds is 1. The predicted molar refractivity (Wildman–Crippen MR) is 64.2 cm³/mol. The zero-order valence-corrected chi connectivity index (χ0v) is 10.2. The molecule has 0 radical (unpaired) electrons. The highest BCUT2D eigenvalue weighted by Gasteiger charge is 2.44. The van der Waals surface area contributed by atoms with Crippen LogP contribution in [0.1, 0.15) is 25.5 Å². The molecule has 2 amide bonds. The number of piperazine rings is 1. The summed E-state index contributed by atoms with van der Waals surface area (Å²) in [5, 5.41) is 2.77. The average molecular weight is 232 g/mol. The van der Waals surface area contributed by atoms with Crippen molar-refractivity contribution < 1.29 is 9.59 Å². The second kappa shape index (κ2) is 3.87. The van der Waals surface area contributed by atoms with Crippen LogP contribution < -0.4 is 5.32 Å². The van der Waals surface area contributed by atoms with Crippen molar-refractivity contribution in [1.29, 1.82) is 0 Å². The lowest BCUT2D eigenvalue weighted by atomic mass is 9.93. The number of nitrogens with zero attached hydrogens (tertiary/aromatic N) is 1. The largest absolute Gasteiger partial charge is 0.338 e. The highest BCUT2D eigenvalue weighted by atomic mass is 16.2. The molecule has 90 valence electrons. The molecule has 1 heterocycles. The highest BCUT2D eigenvalue weighted by molar-refractivity contribution is 5.99. The lowest BCUT2D eigenvalue weighted by Gasteiger charge is -2.42. The van der Waals surface area contributed by atoms with Gasteiger partial charge in [-0.15, -0.1) is 0 Å². The third kappa shape index (κ3) is 1.79. The molecule has 1 saturated heterocycles. The van der Waals surface area contributed by atoms with Crippen LogP contribution in [0.15, 0.2) is 30.3 Å². The number of hydrogen-bond acceptors (Lipinski definition) is 2. The number of hydrogen-bond donors (Lipinski definition) is 1. The molecule has 1 unspecified atom stereocenters. The Kier molecular flexibility index (Phi) is 2.65. The van der Waals surface area contributed by atoms with E-state index >= 15 is 0 Å². The molecule has 1 N–H and O–H groups in total. The van der Waals surface area contributed by atoms with Gasteiger partial charge in [-0.3, -0.25) is 9.59 Å². The quantitative estimate of drug-likeness (QED) is 0.788. The Balaban J connectivity index is 2.34. The first-order valence-electron chi connectivity index (χ1n) is 5.58. The lowest BCUT2D eigenvalue weighted by Crippen LogP contribution is -2.63. The molecule has 1 aromatic rings. The first kappa shape index (κ1) is 11.6. The van der Waals surface area contributed by atoms with E-state index in [0.29, 0.717) is 0 Å². The summed E-state index contributed by atoms with van der Waals surface area (Å²) in [6.45, 7) is 3.48.